The Morgan fingerprint density at radius 1 is 0.966 bits per heavy atom. The van der Waals surface area contributed by atoms with Crippen LogP contribution >= 0.6 is 0 Å². The molecule has 0 atom stereocenters. The first kappa shape index (κ1) is 21.7. The molecular formula is C21H24N2O6. The van der Waals surface area contributed by atoms with Gasteiger partial charge in [0.1, 0.15) is 11.5 Å². The highest BCUT2D eigenvalue weighted by Gasteiger charge is 2.14. The number of hydrogen-bond donors (Lipinski definition) is 2. The molecule has 0 heterocycles. The van der Waals surface area contributed by atoms with Gasteiger partial charge >= 0.3 is 5.97 Å². The quantitative estimate of drug-likeness (QED) is 0.628. The van der Waals surface area contributed by atoms with Gasteiger partial charge in [-0.15, -0.1) is 0 Å². The minimum absolute atomic E-state index is 0.0317. The van der Waals surface area contributed by atoms with Gasteiger partial charge in [0.25, 0.3) is 5.91 Å². The number of carbonyl (C=O) groups excluding carboxylic acids is 3. The van der Waals surface area contributed by atoms with E-state index in [4.69, 9.17) is 14.2 Å². The van der Waals surface area contributed by atoms with Crippen molar-refractivity contribution >= 4 is 23.5 Å². The Bertz CT molecular complexity index is 859. The van der Waals surface area contributed by atoms with Crippen molar-refractivity contribution in [3.05, 3.63) is 53.6 Å². The van der Waals surface area contributed by atoms with Crippen molar-refractivity contribution in [1.29, 1.82) is 0 Å². The van der Waals surface area contributed by atoms with Crippen molar-refractivity contribution in [2.45, 2.75) is 13.3 Å². The van der Waals surface area contributed by atoms with Crippen molar-refractivity contribution in [3.8, 4) is 11.5 Å². The molecule has 8 nitrogen and oxygen atoms in total. The number of anilines is 1. The van der Waals surface area contributed by atoms with Crippen LogP contribution < -0.4 is 20.1 Å². The average molecular weight is 400 g/mol. The van der Waals surface area contributed by atoms with Crippen LogP contribution in [0.1, 0.15) is 34.1 Å². The number of hydrogen-bond acceptors (Lipinski definition) is 6. The van der Waals surface area contributed by atoms with Crippen LogP contribution in [0.3, 0.4) is 0 Å². The number of para-hydroxylation sites is 1. The highest BCUT2D eigenvalue weighted by atomic mass is 16.5. The van der Waals surface area contributed by atoms with E-state index in [9.17, 15) is 14.4 Å². The second-order valence-corrected chi connectivity index (χ2v) is 5.92. The molecule has 0 fully saturated rings. The number of ether oxygens (including phenoxy) is 3. The van der Waals surface area contributed by atoms with E-state index in [1.165, 1.54) is 14.2 Å². The molecule has 8 heteroatoms. The maximum absolute atomic E-state index is 12.3. The lowest BCUT2D eigenvalue weighted by molar-refractivity contribution is -0.116. The Kier molecular flexibility index (Phi) is 8.02. The minimum Gasteiger partial charge on any atom is -0.497 e. The van der Waals surface area contributed by atoms with E-state index in [2.05, 4.69) is 10.6 Å². The van der Waals surface area contributed by atoms with Crippen LogP contribution in [-0.2, 0) is 9.53 Å². The first-order valence-corrected chi connectivity index (χ1v) is 9.05. The second kappa shape index (κ2) is 10.7. The van der Waals surface area contributed by atoms with Crippen LogP contribution in [0.15, 0.2) is 42.5 Å². The maximum Gasteiger partial charge on any atom is 0.340 e. The largest absolute Gasteiger partial charge is 0.497 e. The van der Waals surface area contributed by atoms with Gasteiger partial charge < -0.3 is 24.8 Å². The average Bonchev–Trinajstić information content (AvgIpc) is 2.73. The summed E-state index contributed by atoms with van der Waals surface area (Å²) in [5.74, 6) is -0.235. The van der Waals surface area contributed by atoms with E-state index >= 15 is 0 Å². The fourth-order valence-corrected chi connectivity index (χ4v) is 2.52. The summed E-state index contributed by atoms with van der Waals surface area (Å²) >= 11 is 0. The van der Waals surface area contributed by atoms with Crippen molar-refractivity contribution in [1.82, 2.24) is 5.32 Å². The molecule has 0 aliphatic heterocycles. The van der Waals surface area contributed by atoms with E-state index in [1.807, 2.05) is 0 Å². The normalized spacial score (nSPS) is 10.0. The fraction of sp³-hybridized carbons (Fsp3) is 0.286. The van der Waals surface area contributed by atoms with Crippen LogP contribution in [-0.4, -0.2) is 45.2 Å². The highest BCUT2D eigenvalue weighted by molar-refractivity contribution is 6.01. The third kappa shape index (κ3) is 6.24. The standard InChI is InChI=1S/C21H24N2O6/c1-4-29-21(26)17-7-5-6-8-18(17)23-19(24)9-10-22-20(25)14-11-15(27-2)13-16(12-14)28-3/h5-8,11-13H,4,9-10H2,1-3H3,(H,22,25)(H,23,24). The van der Waals surface area contributed by atoms with Gasteiger partial charge in [-0.25, -0.2) is 4.79 Å². The van der Waals surface area contributed by atoms with E-state index in [0.29, 0.717) is 22.7 Å². The molecule has 0 spiro atoms. The van der Waals surface area contributed by atoms with Crippen LogP contribution in [0.25, 0.3) is 0 Å². The Labute approximate surface area is 169 Å². The molecule has 2 aromatic rings. The summed E-state index contributed by atoms with van der Waals surface area (Å²) in [6.07, 6.45) is 0.0317. The Morgan fingerprint density at radius 3 is 2.24 bits per heavy atom. The lowest BCUT2D eigenvalue weighted by Gasteiger charge is -2.11. The van der Waals surface area contributed by atoms with Crippen LogP contribution in [0.2, 0.25) is 0 Å². The number of rotatable bonds is 9. The third-order valence-corrected chi connectivity index (χ3v) is 3.95. The van der Waals surface area contributed by atoms with Gasteiger partial charge in [-0.2, -0.15) is 0 Å². The predicted molar refractivity (Wildman–Crippen MR) is 108 cm³/mol. The number of carbonyl (C=O) groups is 3. The maximum atomic E-state index is 12.3. The third-order valence-electron chi connectivity index (χ3n) is 3.95. The number of benzene rings is 2. The van der Waals surface area contributed by atoms with Crippen molar-refractivity contribution in [2.24, 2.45) is 0 Å². The van der Waals surface area contributed by atoms with Crippen molar-refractivity contribution in [3.63, 3.8) is 0 Å². The molecule has 154 valence electrons. The summed E-state index contributed by atoms with van der Waals surface area (Å²) in [6.45, 7) is 2.06. The summed E-state index contributed by atoms with van der Waals surface area (Å²) in [5.41, 5.74) is 0.990. The first-order chi connectivity index (χ1) is 14.0. The Balaban J connectivity index is 1.92. The molecular weight excluding hydrogens is 376 g/mol. The molecule has 2 aromatic carbocycles. The Morgan fingerprint density at radius 2 is 1.62 bits per heavy atom. The molecule has 0 saturated carbocycles. The fourth-order valence-electron chi connectivity index (χ4n) is 2.52. The summed E-state index contributed by atoms with van der Waals surface area (Å²) < 4.78 is 15.3. The molecule has 0 radical (unpaired) electrons. The van der Waals surface area contributed by atoms with Crippen LogP contribution in [0.5, 0.6) is 11.5 Å². The summed E-state index contributed by atoms with van der Waals surface area (Å²) in [6, 6.07) is 11.4. The number of esters is 1. The molecule has 0 aromatic heterocycles. The van der Waals surface area contributed by atoms with E-state index in [1.54, 1.807) is 49.4 Å². The second-order valence-electron chi connectivity index (χ2n) is 5.92. The molecule has 0 unspecified atom stereocenters. The van der Waals surface area contributed by atoms with Crippen molar-refractivity contribution in [2.75, 3.05) is 32.7 Å². The molecule has 29 heavy (non-hydrogen) atoms. The minimum atomic E-state index is -0.510. The first-order valence-electron chi connectivity index (χ1n) is 9.05. The molecule has 2 amide bonds. The Hall–Kier alpha value is -3.55. The van der Waals surface area contributed by atoms with Gasteiger partial charge in [-0.1, -0.05) is 12.1 Å². The van der Waals surface area contributed by atoms with Gasteiger partial charge in [0.05, 0.1) is 32.1 Å². The number of nitrogens with one attached hydrogen (secondary N) is 2. The van der Waals surface area contributed by atoms with Gasteiger partial charge in [-0.3, -0.25) is 9.59 Å². The zero-order valence-corrected chi connectivity index (χ0v) is 16.6. The van der Waals surface area contributed by atoms with Gasteiger partial charge in [0.15, 0.2) is 0 Å². The molecule has 2 rings (SSSR count). The van der Waals surface area contributed by atoms with Gasteiger partial charge in [0, 0.05) is 24.6 Å². The monoisotopic (exact) mass is 400 g/mol. The molecule has 0 saturated heterocycles. The lowest BCUT2D eigenvalue weighted by Crippen LogP contribution is -2.28. The summed E-state index contributed by atoms with van der Waals surface area (Å²) in [7, 11) is 2.99. The van der Waals surface area contributed by atoms with Crippen LogP contribution in [0.4, 0.5) is 5.69 Å². The van der Waals surface area contributed by atoms with Crippen LogP contribution in [0, 0.1) is 0 Å². The van der Waals surface area contributed by atoms with Gasteiger partial charge in [0.2, 0.25) is 5.91 Å². The molecule has 0 bridgehead atoms. The zero-order chi connectivity index (χ0) is 21.2. The summed E-state index contributed by atoms with van der Waals surface area (Å²) in [4.78, 5) is 36.5. The lowest BCUT2D eigenvalue weighted by atomic mass is 10.1. The number of methoxy groups -OCH3 is 2. The SMILES string of the molecule is CCOC(=O)c1ccccc1NC(=O)CCNC(=O)c1cc(OC)cc(OC)c1. The number of amides is 2. The topological polar surface area (TPSA) is 103 Å². The zero-order valence-electron chi connectivity index (χ0n) is 16.6. The van der Waals surface area contributed by atoms with E-state index < -0.39 is 5.97 Å². The van der Waals surface area contributed by atoms with E-state index in [-0.39, 0.29) is 37.0 Å². The van der Waals surface area contributed by atoms with E-state index in [0.717, 1.165) is 0 Å². The summed E-state index contributed by atoms with van der Waals surface area (Å²) in [5, 5.41) is 5.34. The molecule has 0 aliphatic carbocycles. The van der Waals surface area contributed by atoms with Crippen molar-refractivity contribution < 1.29 is 28.6 Å². The molecule has 0 aliphatic rings. The smallest absolute Gasteiger partial charge is 0.340 e. The predicted octanol–water partition coefficient (Wildman–Crippen LogP) is 2.64. The molecule has 2 N–H and O–H groups in total. The van der Waals surface area contributed by atoms with Gasteiger partial charge in [-0.05, 0) is 31.2 Å². The highest BCUT2D eigenvalue weighted by Crippen LogP contribution is 2.22.